The molecule has 1 rings (SSSR count). The molecule has 0 saturated carbocycles. The number of carboxylic acids is 1. The number of carbonyl (C=O) groups is 1. The summed E-state index contributed by atoms with van der Waals surface area (Å²) in [6.07, 6.45) is 0.260. The summed E-state index contributed by atoms with van der Waals surface area (Å²) in [5, 5.41) is 50.2. The van der Waals surface area contributed by atoms with Crippen molar-refractivity contribution >= 4 is 13.3 Å². The van der Waals surface area contributed by atoms with Gasteiger partial charge >= 0.3 is 13.3 Å². The van der Waals surface area contributed by atoms with Gasteiger partial charge in [0, 0.05) is 6.42 Å². The van der Waals surface area contributed by atoms with Crippen molar-refractivity contribution in [2.45, 2.75) is 38.4 Å². The van der Waals surface area contributed by atoms with Crippen LogP contribution in [-0.4, -0.2) is 54.9 Å². The van der Waals surface area contributed by atoms with Gasteiger partial charge in [0.15, 0.2) is 0 Å². The summed E-state index contributed by atoms with van der Waals surface area (Å²) in [6.45, 7) is 4.63. The molecule has 0 spiro atoms. The molecule has 0 amide bonds. The average Bonchev–Trinajstić information content (AvgIpc) is 2.26. The zero-order chi connectivity index (χ0) is 16.8. The molecule has 118 valence electrons. The average molecular weight is 300 g/mol. The Balaban J connectivity index is 0.000000885. The second-order valence-electron chi connectivity index (χ2n) is 5.36. The lowest BCUT2D eigenvalue weighted by Gasteiger charge is -2.35. The predicted octanol–water partition coefficient (Wildman–Crippen LogP) is -0.603. The van der Waals surface area contributed by atoms with Gasteiger partial charge in [0.2, 0.25) is 0 Å². The Labute approximate surface area is 123 Å². The Kier molecular flexibility index (Phi) is 7.01. The molecule has 0 aliphatic carbocycles. The maximum Gasteiger partial charge on any atom is 0.631 e. The van der Waals surface area contributed by atoms with E-state index in [4.69, 9.17) is 20.2 Å². The van der Waals surface area contributed by atoms with Crippen molar-refractivity contribution in [3.8, 4) is 0 Å². The minimum atomic E-state index is -2.17. The fraction of sp³-hybridized carbons (Fsp3) is 0.462. The molecule has 21 heavy (non-hydrogen) atoms. The van der Waals surface area contributed by atoms with Gasteiger partial charge in [-0.1, -0.05) is 12.1 Å². The number of benzene rings is 1. The van der Waals surface area contributed by atoms with Crippen LogP contribution in [0.2, 0.25) is 0 Å². The van der Waals surface area contributed by atoms with E-state index >= 15 is 0 Å². The fourth-order valence-electron chi connectivity index (χ4n) is 1.38. The molecule has 8 heteroatoms. The molecule has 0 aliphatic heterocycles. The number of carboxylic acid groups (broad SMARTS) is 1. The van der Waals surface area contributed by atoms with Gasteiger partial charge in [-0.2, -0.15) is 0 Å². The normalized spacial score (nSPS) is 13.7. The number of rotatable bonds is 4. The van der Waals surface area contributed by atoms with E-state index in [0.717, 1.165) is 5.56 Å². The third kappa shape index (κ3) is 7.21. The lowest BCUT2D eigenvalue weighted by molar-refractivity contribution is -0.118. The van der Waals surface area contributed by atoms with E-state index in [-0.39, 0.29) is 12.0 Å². The first kappa shape index (κ1) is 19.6. The molecular weight excluding hydrogens is 279 g/mol. The van der Waals surface area contributed by atoms with Crippen LogP contribution in [0.15, 0.2) is 24.3 Å². The molecule has 7 nitrogen and oxygen atoms in total. The van der Waals surface area contributed by atoms with Crippen molar-refractivity contribution < 1.29 is 35.2 Å². The Morgan fingerprint density at radius 3 is 1.71 bits per heavy atom. The molecule has 1 aromatic rings. The number of aliphatic hydroxyl groups is 2. The molecule has 0 radical (unpaired) electrons. The Morgan fingerprint density at radius 1 is 1.05 bits per heavy atom. The van der Waals surface area contributed by atoms with Crippen LogP contribution < -0.4 is 0 Å². The highest BCUT2D eigenvalue weighted by molar-refractivity contribution is 6.30. The summed E-state index contributed by atoms with van der Waals surface area (Å²) < 4.78 is 0. The van der Waals surface area contributed by atoms with Crippen LogP contribution in [0.1, 0.15) is 36.7 Å². The molecule has 1 atom stereocenters. The highest BCUT2D eigenvalue weighted by atomic mass is 16.5. The standard InChI is InChI=1S/C13H18O4.BH3O3/c1-12(2,16)13(3,17)8-9-4-6-10(7-5-9)11(14)15;2-1(3)4/h4-7,16-17H,8H2,1-3H3,(H,14,15);2-4H. The molecule has 6 N–H and O–H groups in total. The Bertz CT molecular complexity index is 446. The van der Waals surface area contributed by atoms with Gasteiger partial charge in [-0.05, 0) is 38.5 Å². The summed E-state index contributed by atoms with van der Waals surface area (Å²) in [7, 11) is -2.17. The van der Waals surface area contributed by atoms with Gasteiger partial charge in [0.25, 0.3) is 0 Å². The first-order valence-corrected chi connectivity index (χ1v) is 6.18. The molecule has 1 aromatic carbocycles. The lowest BCUT2D eigenvalue weighted by atomic mass is 9.82. The van der Waals surface area contributed by atoms with Crippen molar-refractivity contribution in [3.05, 3.63) is 35.4 Å². The van der Waals surface area contributed by atoms with Crippen molar-refractivity contribution in [2.24, 2.45) is 0 Å². The monoisotopic (exact) mass is 300 g/mol. The third-order valence-electron chi connectivity index (χ3n) is 3.07. The van der Waals surface area contributed by atoms with Gasteiger partial charge in [-0.3, -0.25) is 0 Å². The Hall–Kier alpha value is -1.45. The quantitative estimate of drug-likeness (QED) is 0.408. The summed E-state index contributed by atoms with van der Waals surface area (Å²) in [4.78, 5) is 10.7. The number of hydrogen-bond donors (Lipinski definition) is 6. The van der Waals surface area contributed by atoms with Crippen LogP contribution in [0.3, 0.4) is 0 Å². The van der Waals surface area contributed by atoms with Gasteiger partial charge in [0.1, 0.15) is 0 Å². The second kappa shape index (κ2) is 7.53. The zero-order valence-electron chi connectivity index (χ0n) is 12.2. The van der Waals surface area contributed by atoms with Crippen molar-refractivity contribution in [1.29, 1.82) is 0 Å². The summed E-state index contributed by atoms with van der Waals surface area (Å²) >= 11 is 0. The highest BCUT2D eigenvalue weighted by Gasteiger charge is 2.37. The van der Waals surface area contributed by atoms with E-state index < -0.39 is 24.5 Å². The molecule has 0 heterocycles. The van der Waals surface area contributed by atoms with Crippen LogP contribution in [-0.2, 0) is 6.42 Å². The van der Waals surface area contributed by atoms with Crippen LogP contribution in [0.4, 0.5) is 0 Å². The van der Waals surface area contributed by atoms with E-state index in [9.17, 15) is 15.0 Å². The molecule has 0 saturated heterocycles. The van der Waals surface area contributed by atoms with Gasteiger partial charge < -0.3 is 30.4 Å². The van der Waals surface area contributed by atoms with Crippen LogP contribution in [0, 0.1) is 0 Å². The molecule has 0 aromatic heterocycles. The second-order valence-corrected chi connectivity index (χ2v) is 5.36. The van der Waals surface area contributed by atoms with E-state index in [1.54, 1.807) is 32.9 Å². The fourth-order valence-corrected chi connectivity index (χ4v) is 1.38. The van der Waals surface area contributed by atoms with E-state index in [1.165, 1.54) is 12.1 Å². The van der Waals surface area contributed by atoms with E-state index in [0.29, 0.717) is 0 Å². The van der Waals surface area contributed by atoms with Crippen molar-refractivity contribution in [1.82, 2.24) is 0 Å². The highest BCUT2D eigenvalue weighted by Crippen LogP contribution is 2.25. The molecule has 0 fully saturated rings. The van der Waals surface area contributed by atoms with Crippen LogP contribution in [0.5, 0.6) is 0 Å². The van der Waals surface area contributed by atoms with Gasteiger partial charge in [-0.25, -0.2) is 4.79 Å². The number of hydrogen-bond acceptors (Lipinski definition) is 6. The first-order valence-electron chi connectivity index (χ1n) is 6.18. The minimum Gasteiger partial charge on any atom is -0.478 e. The Morgan fingerprint density at radius 2 is 1.43 bits per heavy atom. The molecule has 0 aliphatic rings. The summed E-state index contributed by atoms with van der Waals surface area (Å²) in [5.74, 6) is -0.981. The number of aromatic carboxylic acids is 1. The SMILES string of the molecule is CC(C)(O)C(C)(O)Cc1ccc(C(=O)O)cc1.OB(O)O. The third-order valence-corrected chi connectivity index (χ3v) is 3.07. The van der Waals surface area contributed by atoms with Crippen molar-refractivity contribution in [3.63, 3.8) is 0 Å². The smallest absolute Gasteiger partial charge is 0.478 e. The lowest BCUT2D eigenvalue weighted by Crippen LogP contribution is -2.49. The van der Waals surface area contributed by atoms with Crippen LogP contribution in [0.25, 0.3) is 0 Å². The van der Waals surface area contributed by atoms with E-state index in [1.807, 2.05) is 0 Å². The minimum absolute atomic E-state index is 0.205. The zero-order valence-corrected chi connectivity index (χ0v) is 12.2. The largest absolute Gasteiger partial charge is 0.631 e. The van der Waals surface area contributed by atoms with Crippen molar-refractivity contribution in [2.75, 3.05) is 0 Å². The maximum absolute atomic E-state index is 10.7. The molecule has 1 unspecified atom stereocenters. The topological polar surface area (TPSA) is 138 Å². The van der Waals surface area contributed by atoms with Gasteiger partial charge in [0.05, 0.1) is 16.8 Å². The van der Waals surface area contributed by atoms with E-state index in [2.05, 4.69) is 0 Å². The first-order chi connectivity index (χ1) is 9.36. The van der Waals surface area contributed by atoms with Crippen LogP contribution >= 0.6 is 0 Å². The van der Waals surface area contributed by atoms with Gasteiger partial charge in [-0.15, -0.1) is 0 Å². The molecule has 0 bridgehead atoms. The molecular formula is C13H21BO7. The maximum atomic E-state index is 10.7. The predicted molar refractivity (Wildman–Crippen MR) is 76.4 cm³/mol. The summed E-state index contributed by atoms with van der Waals surface area (Å²) in [5.41, 5.74) is -1.50. The summed E-state index contributed by atoms with van der Waals surface area (Å²) in [6, 6.07) is 6.25.